The molecule has 0 aliphatic rings. The van der Waals surface area contributed by atoms with Crippen LogP contribution in [0.2, 0.25) is 0 Å². The highest BCUT2D eigenvalue weighted by Gasteiger charge is 2.11. The first-order valence-electron chi connectivity index (χ1n) is 9.44. The molecule has 0 saturated heterocycles. The minimum Gasteiger partial charge on any atom is -0.449 e. The van der Waals surface area contributed by atoms with Gasteiger partial charge < -0.3 is 26.8 Å². The number of rotatable bonds is 18. The van der Waals surface area contributed by atoms with Crippen LogP contribution >= 0.6 is 0 Å². The molecule has 0 bridgehead atoms. The van der Waals surface area contributed by atoms with Crippen LogP contribution in [0.1, 0.15) is 25.7 Å². The molecule has 0 unspecified atom stereocenters. The maximum absolute atomic E-state index is 12.0. The summed E-state index contributed by atoms with van der Waals surface area (Å²) in [5.74, 6) is -0.166. The number of carbonyl (C=O) groups is 1. The first-order valence-corrected chi connectivity index (χ1v) is 9.44. The minimum absolute atomic E-state index is 0.166. The smallest absolute Gasteiger partial charge is 0.321 e. The van der Waals surface area contributed by atoms with E-state index in [1.807, 2.05) is 19.0 Å². The number of esters is 1. The number of hydrogen-bond acceptors (Lipinski definition) is 8. The maximum atomic E-state index is 12.0. The van der Waals surface area contributed by atoms with Crippen LogP contribution in [-0.4, -0.2) is 95.5 Å². The molecule has 0 atom stereocenters. The zero-order valence-corrected chi connectivity index (χ0v) is 16.3. The number of ether oxygens (including phenoxy) is 1. The Kier molecular flexibility index (Phi) is 17.5. The van der Waals surface area contributed by atoms with Gasteiger partial charge in [0.2, 0.25) is 0 Å². The van der Waals surface area contributed by atoms with Crippen molar-refractivity contribution < 1.29 is 9.53 Å². The van der Waals surface area contributed by atoms with Crippen molar-refractivity contribution in [3.8, 4) is 0 Å². The molecule has 0 aromatic carbocycles. The average molecular weight is 361 g/mol. The van der Waals surface area contributed by atoms with Crippen LogP contribution in [-0.2, 0) is 9.53 Å². The van der Waals surface area contributed by atoms with E-state index < -0.39 is 0 Å². The van der Waals surface area contributed by atoms with Crippen LogP contribution in [0.3, 0.4) is 0 Å². The second kappa shape index (κ2) is 18.0. The van der Waals surface area contributed by atoms with Gasteiger partial charge in [0.05, 0.1) is 6.54 Å². The molecule has 8 heteroatoms. The topological polar surface area (TPSA) is 109 Å². The third kappa shape index (κ3) is 17.8. The molecule has 0 rings (SSSR count). The molecule has 8 nitrogen and oxygen atoms in total. The molecule has 0 radical (unpaired) electrons. The standard InChI is InChI=1S/C17H40N6O2/c1-22(2)16-25-17(24)15-23(13-5-11-20-9-3-7-18)14-6-12-21-10-4-8-19/h20-21H,3-16,18-19H2,1-2H3. The lowest BCUT2D eigenvalue weighted by Crippen LogP contribution is -2.36. The van der Waals surface area contributed by atoms with Crippen LogP contribution in [0.4, 0.5) is 0 Å². The lowest BCUT2D eigenvalue weighted by molar-refractivity contribution is -0.148. The fourth-order valence-electron chi connectivity index (χ4n) is 2.26. The Morgan fingerprint density at radius 2 is 1.36 bits per heavy atom. The normalized spacial score (nSPS) is 11.4. The number of nitrogens with two attached hydrogens (primary N) is 2. The van der Waals surface area contributed by atoms with Gasteiger partial charge in [-0.05, 0) is 92.1 Å². The monoisotopic (exact) mass is 360 g/mol. The highest BCUT2D eigenvalue weighted by atomic mass is 16.5. The maximum Gasteiger partial charge on any atom is 0.321 e. The lowest BCUT2D eigenvalue weighted by atomic mass is 10.3. The van der Waals surface area contributed by atoms with Gasteiger partial charge in [-0.15, -0.1) is 0 Å². The summed E-state index contributed by atoms with van der Waals surface area (Å²) in [6.45, 7) is 7.66. The second-order valence-corrected chi connectivity index (χ2v) is 6.49. The van der Waals surface area contributed by atoms with E-state index in [2.05, 4.69) is 15.5 Å². The van der Waals surface area contributed by atoms with Crippen molar-refractivity contribution in [1.82, 2.24) is 20.4 Å². The highest BCUT2D eigenvalue weighted by molar-refractivity contribution is 5.71. The highest BCUT2D eigenvalue weighted by Crippen LogP contribution is 1.96. The lowest BCUT2D eigenvalue weighted by Gasteiger charge is -2.22. The number of nitrogens with one attached hydrogen (secondary N) is 2. The summed E-state index contributed by atoms with van der Waals surface area (Å²) in [5.41, 5.74) is 11.0. The zero-order valence-electron chi connectivity index (χ0n) is 16.3. The summed E-state index contributed by atoms with van der Waals surface area (Å²) in [4.78, 5) is 16.0. The van der Waals surface area contributed by atoms with Crippen molar-refractivity contribution in [2.45, 2.75) is 25.7 Å². The number of nitrogens with zero attached hydrogens (tertiary/aromatic N) is 2. The molecule has 0 aliphatic heterocycles. The number of carbonyl (C=O) groups excluding carboxylic acids is 1. The largest absolute Gasteiger partial charge is 0.449 e. The Labute approximate surface area is 153 Å². The molecule has 150 valence electrons. The van der Waals surface area contributed by atoms with E-state index in [-0.39, 0.29) is 5.97 Å². The predicted molar refractivity (Wildman–Crippen MR) is 103 cm³/mol. The van der Waals surface area contributed by atoms with E-state index in [1.165, 1.54) is 0 Å². The van der Waals surface area contributed by atoms with Crippen LogP contribution in [0.5, 0.6) is 0 Å². The Balaban J connectivity index is 4.01. The molecular weight excluding hydrogens is 320 g/mol. The summed E-state index contributed by atoms with van der Waals surface area (Å²) >= 11 is 0. The molecule has 0 heterocycles. The summed E-state index contributed by atoms with van der Waals surface area (Å²) in [6.07, 6.45) is 4.00. The van der Waals surface area contributed by atoms with Crippen molar-refractivity contribution in [3.63, 3.8) is 0 Å². The van der Waals surface area contributed by atoms with Crippen molar-refractivity contribution in [2.75, 3.05) is 79.7 Å². The van der Waals surface area contributed by atoms with Gasteiger partial charge in [0.15, 0.2) is 0 Å². The third-order valence-corrected chi connectivity index (χ3v) is 3.61. The van der Waals surface area contributed by atoms with Gasteiger partial charge in [-0.1, -0.05) is 0 Å². The molecule has 0 aliphatic carbocycles. The second-order valence-electron chi connectivity index (χ2n) is 6.49. The van der Waals surface area contributed by atoms with Crippen LogP contribution in [0.15, 0.2) is 0 Å². The van der Waals surface area contributed by atoms with Crippen LogP contribution < -0.4 is 22.1 Å². The molecule has 0 saturated carbocycles. The van der Waals surface area contributed by atoms with Crippen molar-refractivity contribution >= 4 is 5.97 Å². The van der Waals surface area contributed by atoms with Gasteiger partial charge in [-0.2, -0.15) is 0 Å². The molecule has 0 fully saturated rings. The SMILES string of the molecule is CN(C)COC(=O)CN(CCCNCCCN)CCCNCCCN. The van der Waals surface area contributed by atoms with Gasteiger partial charge in [-0.3, -0.25) is 14.6 Å². The average Bonchev–Trinajstić information content (AvgIpc) is 2.58. The molecule has 0 amide bonds. The molecule has 0 aromatic heterocycles. The first kappa shape index (κ1) is 24.2. The van der Waals surface area contributed by atoms with Gasteiger partial charge in [0, 0.05) is 0 Å². The molecule has 6 N–H and O–H groups in total. The van der Waals surface area contributed by atoms with Crippen molar-refractivity contribution in [2.24, 2.45) is 11.5 Å². The van der Waals surface area contributed by atoms with Crippen molar-refractivity contribution in [3.05, 3.63) is 0 Å². The summed E-state index contributed by atoms with van der Waals surface area (Å²) in [5, 5.41) is 6.74. The Morgan fingerprint density at radius 1 is 0.880 bits per heavy atom. The predicted octanol–water partition coefficient (Wildman–Crippen LogP) is -0.992. The molecule has 25 heavy (non-hydrogen) atoms. The minimum atomic E-state index is -0.166. The van der Waals surface area contributed by atoms with Crippen LogP contribution in [0.25, 0.3) is 0 Å². The summed E-state index contributed by atoms with van der Waals surface area (Å²) in [7, 11) is 3.76. The summed E-state index contributed by atoms with van der Waals surface area (Å²) in [6, 6.07) is 0. The third-order valence-electron chi connectivity index (χ3n) is 3.61. The van der Waals surface area contributed by atoms with Gasteiger partial charge in [0.1, 0.15) is 6.73 Å². The van der Waals surface area contributed by atoms with E-state index in [1.54, 1.807) is 0 Å². The van der Waals surface area contributed by atoms with Gasteiger partial charge in [0.25, 0.3) is 0 Å². The van der Waals surface area contributed by atoms with Gasteiger partial charge >= 0.3 is 5.97 Å². The molecular formula is C17H40N6O2. The van der Waals surface area contributed by atoms with E-state index in [4.69, 9.17) is 16.2 Å². The van der Waals surface area contributed by atoms with E-state index in [9.17, 15) is 4.79 Å². The van der Waals surface area contributed by atoms with E-state index in [0.29, 0.717) is 26.4 Å². The van der Waals surface area contributed by atoms with Crippen LogP contribution in [0, 0.1) is 0 Å². The van der Waals surface area contributed by atoms with Gasteiger partial charge in [-0.25, -0.2) is 0 Å². The fourth-order valence-corrected chi connectivity index (χ4v) is 2.26. The molecule has 0 spiro atoms. The molecule has 0 aromatic rings. The zero-order chi connectivity index (χ0) is 18.8. The first-order chi connectivity index (χ1) is 12.1. The summed E-state index contributed by atoms with van der Waals surface area (Å²) < 4.78 is 5.24. The Bertz CT molecular complexity index is 289. The quantitative estimate of drug-likeness (QED) is 0.140. The fraction of sp³-hybridized carbons (Fsp3) is 0.941. The van der Waals surface area contributed by atoms with Crippen molar-refractivity contribution in [1.29, 1.82) is 0 Å². The Hall–Kier alpha value is -0.770. The van der Waals surface area contributed by atoms with E-state index >= 15 is 0 Å². The Morgan fingerprint density at radius 3 is 1.80 bits per heavy atom. The number of hydrogen-bond donors (Lipinski definition) is 4. The van der Waals surface area contributed by atoms with E-state index in [0.717, 1.165) is 65.0 Å².